The van der Waals surface area contributed by atoms with Gasteiger partial charge in [0.15, 0.2) is 0 Å². The molecule has 0 bridgehead atoms. The van der Waals surface area contributed by atoms with Gasteiger partial charge in [-0.05, 0) is 43.7 Å². The van der Waals surface area contributed by atoms with Crippen molar-refractivity contribution in [2.75, 3.05) is 25.1 Å². The van der Waals surface area contributed by atoms with Gasteiger partial charge in [0.25, 0.3) is 0 Å². The fraction of sp³-hybridized carbons (Fsp3) is 0.533. The maximum Gasteiger partial charge on any atom is 0.241 e. The number of anilines is 1. The van der Waals surface area contributed by atoms with E-state index in [9.17, 15) is 4.79 Å². The quantitative estimate of drug-likeness (QED) is 0.876. The Kier molecular flexibility index (Phi) is 4.18. The van der Waals surface area contributed by atoms with E-state index in [1.54, 1.807) is 0 Å². The average molecular weight is 276 g/mol. The fourth-order valence-electron chi connectivity index (χ4n) is 2.55. The molecule has 2 fully saturated rings. The lowest BCUT2D eigenvalue weighted by Gasteiger charge is -2.13. The highest BCUT2D eigenvalue weighted by atomic mass is 16.5. The molecule has 0 radical (unpaired) electrons. The highest BCUT2D eigenvalue weighted by Crippen LogP contribution is 2.20. The molecule has 2 heterocycles. The second-order valence-corrected chi connectivity index (χ2v) is 5.27. The first-order chi connectivity index (χ1) is 9.81. The number of carbonyl (C=O) groups excluding carboxylic acids is 1. The second kappa shape index (κ2) is 6.24. The van der Waals surface area contributed by atoms with Crippen molar-refractivity contribution in [1.82, 2.24) is 5.32 Å². The number of hydrogen-bond acceptors (Lipinski definition) is 4. The van der Waals surface area contributed by atoms with Crippen molar-refractivity contribution in [3.63, 3.8) is 0 Å². The third kappa shape index (κ3) is 3.29. The fourth-order valence-corrected chi connectivity index (χ4v) is 2.55. The first-order valence-corrected chi connectivity index (χ1v) is 7.20. The van der Waals surface area contributed by atoms with E-state index in [4.69, 9.17) is 9.47 Å². The van der Waals surface area contributed by atoms with E-state index < -0.39 is 0 Å². The molecular formula is C15H20N2O3. The van der Waals surface area contributed by atoms with Crippen LogP contribution in [0, 0.1) is 0 Å². The van der Waals surface area contributed by atoms with E-state index in [-0.39, 0.29) is 18.1 Å². The van der Waals surface area contributed by atoms with E-state index in [0.717, 1.165) is 43.9 Å². The van der Waals surface area contributed by atoms with E-state index in [1.807, 2.05) is 24.3 Å². The molecule has 1 aromatic carbocycles. The summed E-state index contributed by atoms with van der Waals surface area (Å²) in [6, 6.07) is 7.46. The van der Waals surface area contributed by atoms with Crippen LogP contribution in [0.25, 0.3) is 0 Å². The summed E-state index contributed by atoms with van der Waals surface area (Å²) in [5.74, 6) is 0.859. The minimum absolute atomic E-state index is 0.0420. The molecule has 5 heteroatoms. The summed E-state index contributed by atoms with van der Waals surface area (Å²) < 4.78 is 11.1. The van der Waals surface area contributed by atoms with E-state index >= 15 is 0 Å². The highest BCUT2D eigenvalue weighted by Gasteiger charge is 2.22. The Morgan fingerprint density at radius 1 is 1.30 bits per heavy atom. The third-order valence-corrected chi connectivity index (χ3v) is 3.69. The van der Waals surface area contributed by atoms with Crippen molar-refractivity contribution in [3.8, 4) is 5.75 Å². The molecule has 2 aliphatic heterocycles. The Morgan fingerprint density at radius 3 is 2.80 bits per heavy atom. The molecular weight excluding hydrogens is 256 g/mol. The normalized spacial score (nSPS) is 25.6. The monoisotopic (exact) mass is 276 g/mol. The van der Waals surface area contributed by atoms with Crippen LogP contribution in [0.3, 0.4) is 0 Å². The lowest BCUT2D eigenvalue weighted by atomic mass is 10.2. The molecule has 3 rings (SSSR count). The molecule has 0 aromatic heterocycles. The number of ether oxygens (including phenoxy) is 2. The zero-order chi connectivity index (χ0) is 13.8. The van der Waals surface area contributed by atoms with Gasteiger partial charge in [-0.2, -0.15) is 0 Å². The number of benzene rings is 1. The van der Waals surface area contributed by atoms with Gasteiger partial charge in [-0.1, -0.05) is 0 Å². The van der Waals surface area contributed by atoms with Gasteiger partial charge in [0.05, 0.1) is 19.3 Å². The molecule has 1 aromatic rings. The molecule has 2 unspecified atom stereocenters. The van der Waals surface area contributed by atoms with Crippen LogP contribution in [-0.2, 0) is 9.53 Å². The standard InChI is InChI=1S/C15H20N2O3/c18-15(14-2-1-8-16-14)17-11-3-5-12(6-4-11)20-13-7-9-19-10-13/h3-6,13-14,16H,1-2,7-10H2,(H,17,18). The third-order valence-electron chi connectivity index (χ3n) is 3.69. The van der Waals surface area contributed by atoms with Crippen LogP contribution >= 0.6 is 0 Å². The number of hydrogen-bond donors (Lipinski definition) is 2. The lowest BCUT2D eigenvalue weighted by Crippen LogP contribution is -2.35. The number of rotatable bonds is 4. The molecule has 0 saturated carbocycles. The largest absolute Gasteiger partial charge is 0.488 e. The van der Waals surface area contributed by atoms with Gasteiger partial charge in [-0.25, -0.2) is 0 Å². The molecule has 0 aliphatic carbocycles. The van der Waals surface area contributed by atoms with Crippen LogP contribution in [0.15, 0.2) is 24.3 Å². The minimum atomic E-state index is -0.0541. The molecule has 0 spiro atoms. The number of nitrogens with one attached hydrogen (secondary N) is 2. The van der Waals surface area contributed by atoms with Crippen LogP contribution in [0.2, 0.25) is 0 Å². The first kappa shape index (κ1) is 13.4. The SMILES string of the molecule is O=C(Nc1ccc(OC2CCOC2)cc1)C1CCCN1. The van der Waals surface area contributed by atoms with Gasteiger partial charge < -0.3 is 20.1 Å². The van der Waals surface area contributed by atoms with Crippen LogP contribution < -0.4 is 15.4 Å². The van der Waals surface area contributed by atoms with Gasteiger partial charge in [-0.15, -0.1) is 0 Å². The Balaban J connectivity index is 1.53. The number of amides is 1. The van der Waals surface area contributed by atoms with Crippen molar-refractivity contribution in [1.29, 1.82) is 0 Å². The van der Waals surface area contributed by atoms with Crippen LogP contribution in [0.4, 0.5) is 5.69 Å². The zero-order valence-electron chi connectivity index (χ0n) is 11.4. The van der Waals surface area contributed by atoms with Crippen molar-refractivity contribution in [2.45, 2.75) is 31.4 Å². The molecule has 2 atom stereocenters. The maximum atomic E-state index is 12.0. The summed E-state index contributed by atoms with van der Waals surface area (Å²) in [5, 5.41) is 6.11. The molecule has 2 saturated heterocycles. The average Bonchev–Trinajstić information content (AvgIpc) is 3.13. The van der Waals surface area contributed by atoms with E-state index in [2.05, 4.69) is 10.6 Å². The topological polar surface area (TPSA) is 59.6 Å². The zero-order valence-corrected chi connectivity index (χ0v) is 11.4. The Labute approximate surface area is 118 Å². The summed E-state index contributed by atoms with van der Waals surface area (Å²) in [5.41, 5.74) is 0.804. The maximum absolute atomic E-state index is 12.0. The predicted molar refractivity (Wildman–Crippen MR) is 75.9 cm³/mol. The lowest BCUT2D eigenvalue weighted by molar-refractivity contribution is -0.117. The van der Waals surface area contributed by atoms with Crippen molar-refractivity contribution in [2.24, 2.45) is 0 Å². The molecule has 20 heavy (non-hydrogen) atoms. The minimum Gasteiger partial charge on any atom is -0.488 e. The van der Waals surface area contributed by atoms with Gasteiger partial charge in [0, 0.05) is 12.1 Å². The van der Waals surface area contributed by atoms with Gasteiger partial charge in [0.1, 0.15) is 11.9 Å². The summed E-state index contributed by atoms with van der Waals surface area (Å²) >= 11 is 0. The van der Waals surface area contributed by atoms with Crippen molar-refractivity contribution < 1.29 is 14.3 Å². The first-order valence-electron chi connectivity index (χ1n) is 7.20. The Bertz CT molecular complexity index is 449. The Hall–Kier alpha value is -1.59. The molecule has 5 nitrogen and oxygen atoms in total. The summed E-state index contributed by atoms with van der Waals surface area (Å²) in [4.78, 5) is 12.0. The summed E-state index contributed by atoms with van der Waals surface area (Å²) in [6.45, 7) is 2.35. The van der Waals surface area contributed by atoms with Crippen molar-refractivity contribution >= 4 is 11.6 Å². The summed E-state index contributed by atoms with van der Waals surface area (Å²) in [7, 11) is 0. The van der Waals surface area contributed by atoms with E-state index in [0.29, 0.717) is 6.61 Å². The molecule has 108 valence electrons. The van der Waals surface area contributed by atoms with Gasteiger partial charge >= 0.3 is 0 Å². The molecule has 2 N–H and O–H groups in total. The van der Waals surface area contributed by atoms with Crippen LogP contribution in [-0.4, -0.2) is 37.8 Å². The molecule has 1 amide bonds. The highest BCUT2D eigenvalue weighted by molar-refractivity contribution is 5.95. The second-order valence-electron chi connectivity index (χ2n) is 5.27. The smallest absolute Gasteiger partial charge is 0.241 e. The predicted octanol–water partition coefficient (Wildman–Crippen LogP) is 1.54. The Morgan fingerprint density at radius 2 is 2.15 bits per heavy atom. The van der Waals surface area contributed by atoms with Gasteiger partial charge in [-0.3, -0.25) is 4.79 Å². The van der Waals surface area contributed by atoms with Crippen molar-refractivity contribution in [3.05, 3.63) is 24.3 Å². The van der Waals surface area contributed by atoms with Crippen LogP contribution in [0.5, 0.6) is 5.75 Å². The summed E-state index contributed by atoms with van der Waals surface area (Å²) in [6.07, 6.45) is 3.06. The molecule has 2 aliphatic rings. The van der Waals surface area contributed by atoms with Gasteiger partial charge in [0.2, 0.25) is 5.91 Å². The number of carbonyl (C=O) groups is 1. The van der Waals surface area contributed by atoms with Crippen LogP contribution in [0.1, 0.15) is 19.3 Å². The van der Waals surface area contributed by atoms with E-state index in [1.165, 1.54) is 0 Å².